The SMILES string of the molecule is N.N.O=C(O)c1ccccc1[O-].O=N[O-].O[Se](O)O.[Pt+2]. The van der Waals surface area contributed by atoms with E-state index in [-0.39, 0.29) is 38.9 Å². The summed E-state index contributed by atoms with van der Waals surface area (Å²) in [5.41, 5.74) is -0.178. The Morgan fingerprint density at radius 1 is 1.15 bits per heavy atom. The molecule has 0 saturated carbocycles. The first-order valence-corrected chi connectivity index (χ1v) is 5.92. The summed E-state index contributed by atoms with van der Waals surface area (Å²) < 4.78 is 21.9. The van der Waals surface area contributed by atoms with Crippen LogP contribution in [0.5, 0.6) is 5.75 Å². The quantitative estimate of drug-likeness (QED) is 0.143. The van der Waals surface area contributed by atoms with Crippen LogP contribution in [0.2, 0.25) is 0 Å². The second-order valence-corrected chi connectivity index (χ2v) is 3.15. The van der Waals surface area contributed by atoms with Crippen LogP contribution >= 0.6 is 0 Å². The largest absolute Gasteiger partial charge is 2.00 e. The molecule has 1 rings (SSSR count). The molecule has 0 aliphatic rings. The van der Waals surface area contributed by atoms with Crippen molar-refractivity contribution in [1.82, 2.24) is 12.3 Å². The molecule has 0 fully saturated rings. The number of hydrogen-bond donors (Lipinski definition) is 6. The van der Waals surface area contributed by atoms with Gasteiger partial charge in [0, 0.05) is 0 Å². The summed E-state index contributed by atoms with van der Waals surface area (Å²) in [5.74, 6) is -1.62. The first kappa shape index (κ1) is 31.3. The van der Waals surface area contributed by atoms with E-state index in [0.717, 1.165) is 5.34 Å². The van der Waals surface area contributed by atoms with E-state index < -0.39 is 26.6 Å². The predicted octanol–water partition coefficient (Wildman–Crippen LogP) is -1.02. The summed E-state index contributed by atoms with van der Waals surface area (Å²) in [5, 5.41) is 28.0. The van der Waals surface area contributed by atoms with E-state index in [9.17, 15) is 9.90 Å². The predicted molar refractivity (Wildman–Crippen MR) is 64.5 cm³/mol. The molecular formula is C7H14N3O8PtSe. The van der Waals surface area contributed by atoms with Gasteiger partial charge in [0.2, 0.25) is 0 Å². The maximum atomic E-state index is 10.7. The number of benzene rings is 1. The van der Waals surface area contributed by atoms with Crippen LogP contribution in [0, 0.1) is 10.1 Å². The summed E-state index contributed by atoms with van der Waals surface area (Å²) in [7, 11) is 0. The van der Waals surface area contributed by atoms with Crippen molar-refractivity contribution in [2.75, 3.05) is 0 Å². The Hall–Kier alpha value is -1.10. The number of carbonyl (C=O) groups is 1. The van der Waals surface area contributed by atoms with E-state index in [1.165, 1.54) is 24.3 Å². The van der Waals surface area contributed by atoms with Gasteiger partial charge in [0.15, 0.2) is 0 Å². The van der Waals surface area contributed by atoms with Crippen LogP contribution in [0.25, 0.3) is 0 Å². The van der Waals surface area contributed by atoms with Gasteiger partial charge in [-0.3, -0.25) is 0 Å². The second-order valence-electron chi connectivity index (χ2n) is 2.12. The number of rotatable bonds is 1. The molecule has 1 aromatic carbocycles. The summed E-state index contributed by atoms with van der Waals surface area (Å²) in [4.78, 5) is 18.2. The van der Waals surface area contributed by atoms with Crippen LogP contribution in [0.1, 0.15) is 10.4 Å². The Balaban J connectivity index is -0.0000000653. The molecule has 0 saturated heterocycles. The Bertz CT molecular complexity index is 354. The van der Waals surface area contributed by atoms with Gasteiger partial charge in [-0.15, -0.1) is 5.34 Å². The molecule has 10 N–H and O–H groups in total. The topological polar surface area (TPSA) is 244 Å². The van der Waals surface area contributed by atoms with Crippen LogP contribution in [-0.4, -0.2) is 38.5 Å². The third-order valence-corrected chi connectivity index (χ3v) is 1.12. The Labute approximate surface area is 133 Å². The molecule has 20 heavy (non-hydrogen) atoms. The Morgan fingerprint density at radius 3 is 1.65 bits per heavy atom. The second kappa shape index (κ2) is 20.2. The first-order valence-electron chi connectivity index (χ1n) is 3.62. The van der Waals surface area contributed by atoms with Crippen molar-refractivity contribution in [3.8, 4) is 5.75 Å². The zero-order chi connectivity index (χ0) is 13.8. The fourth-order valence-corrected chi connectivity index (χ4v) is 0.643. The van der Waals surface area contributed by atoms with E-state index in [2.05, 4.69) is 0 Å². The van der Waals surface area contributed by atoms with Crippen LogP contribution in [0.15, 0.2) is 29.6 Å². The Morgan fingerprint density at radius 2 is 1.45 bits per heavy atom. The van der Waals surface area contributed by atoms with Crippen LogP contribution in [0.3, 0.4) is 0 Å². The van der Waals surface area contributed by atoms with E-state index in [0.29, 0.717) is 0 Å². The van der Waals surface area contributed by atoms with Gasteiger partial charge in [0.05, 0.1) is 5.56 Å². The Kier molecular flexibility index (Phi) is 31.7. The summed E-state index contributed by atoms with van der Waals surface area (Å²) >= 11 is -3.04. The maximum absolute atomic E-state index is 10.7. The summed E-state index contributed by atoms with van der Waals surface area (Å²) in [6, 6.07) is 5.54. The van der Waals surface area contributed by atoms with Gasteiger partial charge in [-0.2, -0.15) is 0 Å². The minimum Gasteiger partial charge on any atom is 2.00 e. The zero-order valence-electron chi connectivity index (χ0n) is 9.82. The average molecular weight is 542 g/mol. The van der Waals surface area contributed by atoms with Crippen molar-refractivity contribution in [3.63, 3.8) is 0 Å². The number of carboxylic acids is 1. The third-order valence-electron chi connectivity index (χ3n) is 1.12. The number of carboxylic acid groups (broad SMARTS) is 1. The van der Waals surface area contributed by atoms with Crippen molar-refractivity contribution in [3.05, 3.63) is 39.9 Å². The molecule has 13 heteroatoms. The van der Waals surface area contributed by atoms with Crippen molar-refractivity contribution in [2.24, 2.45) is 5.34 Å². The fraction of sp³-hybridized carbons (Fsp3) is 0. The molecule has 11 nitrogen and oxygen atoms in total. The number of nitrogens with zero attached hydrogens (tertiary/aromatic N) is 1. The average Bonchev–Trinajstić information content (AvgIpc) is 2.18. The van der Waals surface area contributed by atoms with Gasteiger partial charge in [-0.1, -0.05) is 23.9 Å². The van der Waals surface area contributed by atoms with Crippen LogP contribution < -0.4 is 17.4 Å². The number of aromatic carboxylic acids is 1. The van der Waals surface area contributed by atoms with Crippen molar-refractivity contribution >= 4 is 20.9 Å². The van der Waals surface area contributed by atoms with Gasteiger partial charge >= 0.3 is 54.5 Å². The molecule has 121 valence electrons. The molecule has 0 amide bonds. The molecular weight excluding hydrogens is 528 g/mol. The normalized spacial score (nSPS) is 7.00. The smallest absolute Gasteiger partial charge is 2.00 e. The third kappa shape index (κ3) is 22.1. The molecule has 0 bridgehead atoms. The zero-order valence-corrected chi connectivity index (χ0v) is 13.8. The standard InChI is InChI=1S/C7H6O3.HNO2.2H3N.H3O3Se.Pt/c8-6-4-2-1-3-5(6)7(9)10;2-1-3;;;1-4(2)3;/h1-4,8H,(H,9,10);(H,2,3);2*1H3;1-3H;/q;;;;;+2/p-2. The fourth-order valence-electron chi connectivity index (χ4n) is 0.643. The monoisotopic (exact) mass is 543 g/mol. The molecule has 0 aliphatic carbocycles. The molecule has 0 spiro atoms. The van der Waals surface area contributed by atoms with Gasteiger partial charge in [0.25, 0.3) is 0 Å². The van der Waals surface area contributed by atoms with E-state index in [1.807, 2.05) is 0 Å². The molecule has 0 atom stereocenters. The van der Waals surface area contributed by atoms with Crippen LogP contribution in [-0.2, 0) is 21.1 Å². The maximum Gasteiger partial charge on any atom is 2.00 e. The molecule has 0 unspecified atom stereocenters. The molecule has 0 aliphatic heterocycles. The van der Waals surface area contributed by atoms with Crippen molar-refractivity contribution in [2.45, 2.75) is 0 Å². The minimum atomic E-state index is -3.04. The molecule has 1 aromatic rings. The van der Waals surface area contributed by atoms with Crippen molar-refractivity contribution in [1.29, 1.82) is 0 Å². The van der Waals surface area contributed by atoms with Gasteiger partial charge in [0.1, 0.15) is 0 Å². The molecule has 0 heterocycles. The summed E-state index contributed by atoms with van der Waals surface area (Å²) in [6.45, 7) is 0. The van der Waals surface area contributed by atoms with E-state index in [1.54, 1.807) is 0 Å². The van der Waals surface area contributed by atoms with E-state index in [4.69, 9.17) is 27.8 Å². The molecule has 1 radical (unpaired) electrons. The summed E-state index contributed by atoms with van der Waals surface area (Å²) in [6.07, 6.45) is 0. The first-order chi connectivity index (χ1) is 7.86. The number of hydrogen-bond acceptors (Lipinski definition) is 10. The van der Waals surface area contributed by atoms with Gasteiger partial charge in [-0.05, 0) is 6.07 Å². The van der Waals surface area contributed by atoms with Gasteiger partial charge in [-0.25, -0.2) is 4.79 Å². The van der Waals surface area contributed by atoms with E-state index >= 15 is 0 Å². The van der Waals surface area contributed by atoms with Crippen molar-refractivity contribution < 1.29 is 48.6 Å². The number of para-hydroxylation sites is 1. The minimum absolute atomic E-state index is 0. The van der Waals surface area contributed by atoms with Crippen LogP contribution in [0.4, 0.5) is 0 Å². The molecule has 0 aromatic heterocycles. The van der Waals surface area contributed by atoms with Gasteiger partial charge < -0.3 is 32.6 Å².